The minimum absolute atomic E-state index is 0.0217. The lowest BCUT2D eigenvalue weighted by molar-refractivity contribution is 0.589. The molecule has 0 fully saturated rings. The Morgan fingerprint density at radius 3 is 1.81 bits per heavy atom. The molecule has 9 rings (SSSR count). The summed E-state index contributed by atoms with van der Waals surface area (Å²) in [6.45, 7) is 9.44. The van der Waals surface area contributed by atoms with E-state index in [0.717, 1.165) is 19.3 Å². The molecule has 0 aliphatic carbocycles. The Bertz CT molecular complexity index is 2450. The van der Waals surface area contributed by atoms with Crippen LogP contribution in [0.3, 0.4) is 0 Å². The Kier molecular flexibility index (Phi) is 8.63. The summed E-state index contributed by atoms with van der Waals surface area (Å²) < 4.78 is 0. The van der Waals surface area contributed by atoms with E-state index in [1.807, 2.05) is 11.8 Å². The topological polar surface area (TPSA) is 3.24 Å². The zero-order valence-corrected chi connectivity index (χ0v) is 31.9. The van der Waals surface area contributed by atoms with Crippen LogP contribution < -0.4 is 21.3 Å². The number of unbranched alkanes of at least 4 members (excludes halogenated alkanes) is 1. The largest absolute Gasteiger partial charge is 0.311 e. The number of nitrogens with zero attached hydrogens (tertiary/aromatic N) is 1. The molecule has 2 aliphatic heterocycles. The highest BCUT2D eigenvalue weighted by atomic mass is 32.2. The molecule has 0 aromatic heterocycles. The molecule has 0 spiro atoms. The zero-order valence-electron chi connectivity index (χ0n) is 31.1. The number of benzene rings is 7. The van der Waals surface area contributed by atoms with Crippen molar-refractivity contribution in [3.05, 3.63) is 169 Å². The third-order valence-corrected chi connectivity index (χ3v) is 12.2. The van der Waals surface area contributed by atoms with Gasteiger partial charge < -0.3 is 4.90 Å². The molecule has 258 valence electrons. The van der Waals surface area contributed by atoms with E-state index in [0.29, 0.717) is 0 Å². The third-order valence-electron chi connectivity index (χ3n) is 11.1. The molecule has 0 bridgehead atoms. The van der Waals surface area contributed by atoms with Crippen molar-refractivity contribution in [2.24, 2.45) is 0 Å². The summed E-state index contributed by atoms with van der Waals surface area (Å²) in [6, 6.07) is 59.2. The molecule has 0 N–H and O–H groups in total. The predicted octanol–water partition coefficient (Wildman–Crippen LogP) is 12.1. The number of anilines is 3. The SMILES string of the molecule is CCCCc1cccc(-c2ccccc2)c1N1c2ccc(-c3ccccc3)cc2B2c3cc(-c4ccccc4)ccc3Sc3cc(C(C)(C)C)cc1c32. The van der Waals surface area contributed by atoms with Gasteiger partial charge in [0.25, 0.3) is 0 Å². The Morgan fingerprint density at radius 1 is 0.547 bits per heavy atom. The molecular weight excluding hydrogens is 657 g/mol. The molecule has 53 heavy (non-hydrogen) atoms. The van der Waals surface area contributed by atoms with E-state index in [9.17, 15) is 0 Å². The van der Waals surface area contributed by atoms with E-state index >= 15 is 0 Å². The van der Waals surface area contributed by atoms with Gasteiger partial charge in [-0.25, -0.2) is 0 Å². The lowest BCUT2D eigenvalue weighted by Gasteiger charge is -2.43. The first-order valence-electron chi connectivity index (χ1n) is 19.1. The van der Waals surface area contributed by atoms with Crippen molar-refractivity contribution >= 4 is 51.9 Å². The van der Waals surface area contributed by atoms with Gasteiger partial charge in [-0.1, -0.05) is 185 Å². The van der Waals surface area contributed by atoms with Gasteiger partial charge in [0, 0.05) is 26.7 Å². The summed E-state index contributed by atoms with van der Waals surface area (Å²) in [6.07, 6.45) is 3.33. The van der Waals surface area contributed by atoms with Crippen LogP contribution in [0.2, 0.25) is 0 Å². The first-order valence-corrected chi connectivity index (χ1v) is 19.9. The van der Waals surface area contributed by atoms with Crippen LogP contribution >= 0.6 is 11.8 Å². The molecule has 2 aliphatic rings. The van der Waals surface area contributed by atoms with Crippen molar-refractivity contribution < 1.29 is 0 Å². The molecule has 7 aromatic rings. The molecule has 7 aromatic carbocycles. The molecule has 0 unspecified atom stereocenters. The number of aryl methyl sites for hydroxylation is 1. The maximum absolute atomic E-state index is 2.66. The first-order chi connectivity index (χ1) is 25.9. The van der Waals surface area contributed by atoms with Gasteiger partial charge in [-0.2, -0.15) is 0 Å². The van der Waals surface area contributed by atoms with Crippen LogP contribution in [0.25, 0.3) is 33.4 Å². The number of para-hydroxylation sites is 1. The molecule has 0 radical (unpaired) electrons. The smallest absolute Gasteiger partial charge is 0.249 e. The molecule has 0 atom stereocenters. The van der Waals surface area contributed by atoms with Crippen molar-refractivity contribution in [2.45, 2.75) is 62.2 Å². The van der Waals surface area contributed by atoms with Gasteiger partial charge in [0.05, 0.1) is 5.69 Å². The van der Waals surface area contributed by atoms with Crippen LogP contribution in [-0.2, 0) is 11.8 Å². The first kappa shape index (κ1) is 33.6. The second kappa shape index (κ2) is 13.6. The summed E-state index contributed by atoms with van der Waals surface area (Å²) >= 11 is 1.95. The lowest BCUT2D eigenvalue weighted by atomic mass is 9.34. The monoisotopic (exact) mass is 701 g/mol. The standard InChI is InChI=1S/C50H44BNS/c1-5-6-17-37-24-16-25-41(36-22-14-9-15-23-36)49(37)52-44-28-26-38(34-18-10-7-11-19-34)30-42(44)51-43-31-39(35-20-12-8-13-21-35)27-29-46(43)53-47-33-40(50(2,3)4)32-45(52)48(47)51/h7-16,18-33H,5-6,17H2,1-4H3. The van der Waals surface area contributed by atoms with Gasteiger partial charge in [-0.05, 0) is 92.4 Å². The number of hydrogen-bond acceptors (Lipinski definition) is 2. The van der Waals surface area contributed by atoms with Crippen molar-refractivity contribution in [1.82, 2.24) is 0 Å². The normalized spacial score (nSPS) is 13.0. The van der Waals surface area contributed by atoms with Crippen LogP contribution in [-0.4, -0.2) is 6.71 Å². The quantitative estimate of drug-likeness (QED) is 0.152. The van der Waals surface area contributed by atoms with Crippen LogP contribution in [0.15, 0.2) is 168 Å². The number of hydrogen-bond donors (Lipinski definition) is 0. The van der Waals surface area contributed by atoms with Crippen molar-refractivity contribution in [3.63, 3.8) is 0 Å². The highest BCUT2D eigenvalue weighted by molar-refractivity contribution is 8.00. The van der Waals surface area contributed by atoms with Crippen molar-refractivity contribution in [2.75, 3.05) is 4.90 Å². The summed E-state index contributed by atoms with van der Waals surface area (Å²) in [7, 11) is 0. The fourth-order valence-corrected chi connectivity index (χ4v) is 9.51. The molecule has 3 heteroatoms. The van der Waals surface area contributed by atoms with Gasteiger partial charge in [-0.15, -0.1) is 0 Å². The van der Waals surface area contributed by atoms with E-state index < -0.39 is 0 Å². The summed E-state index contributed by atoms with van der Waals surface area (Å²) in [5, 5.41) is 0. The van der Waals surface area contributed by atoms with Crippen LogP contribution in [0.5, 0.6) is 0 Å². The van der Waals surface area contributed by atoms with E-state index in [4.69, 9.17) is 0 Å². The second-order valence-corrected chi connectivity index (χ2v) is 16.7. The molecule has 2 heterocycles. The van der Waals surface area contributed by atoms with E-state index in [2.05, 4.69) is 190 Å². The lowest BCUT2D eigenvalue weighted by Crippen LogP contribution is -2.60. The number of fused-ring (bicyclic) bond motifs is 4. The van der Waals surface area contributed by atoms with Gasteiger partial charge in [0.1, 0.15) is 0 Å². The van der Waals surface area contributed by atoms with E-state index in [1.165, 1.54) is 87.7 Å². The van der Waals surface area contributed by atoms with Gasteiger partial charge >= 0.3 is 0 Å². The second-order valence-electron chi connectivity index (χ2n) is 15.6. The van der Waals surface area contributed by atoms with Crippen molar-refractivity contribution in [3.8, 4) is 33.4 Å². The third kappa shape index (κ3) is 6.02. The summed E-state index contributed by atoms with van der Waals surface area (Å²) in [4.78, 5) is 5.37. The maximum Gasteiger partial charge on any atom is 0.249 e. The molecule has 0 amide bonds. The molecule has 1 nitrogen and oxygen atoms in total. The van der Waals surface area contributed by atoms with Crippen LogP contribution in [0, 0.1) is 0 Å². The minimum atomic E-state index is -0.0217. The summed E-state index contributed by atoms with van der Waals surface area (Å²) in [5.74, 6) is 0. The zero-order chi connectivity index (χ0) is 36.1. The Hall–Kier alpha value is -5.25. The Labute approximate surface area is 319 Å². The summed E-state index contributed by atoms with van der Waals surface area (Å²) in [5.41, 5.74) is 18.3. The maximum atomic E-state index is 2.66. The fourth-order valence-electron chi connectivity index (χ4n) is 8.32. The van der Waals surface area contributed by atoms with Gasteiger partial charge in [0.2, 0.25) is 6.71 Å². The predicted molar refractivity (Wildman–Crippen MR) is 230 cm³/mol. The highest BCUT2D eigenvalue weighted by Crippen LogP contribution is 2.48. The average molecular weight is 702 g/mol. The number of rotatable bonds is 7. The van der Waals surface area contributed by atoms with Gasteiger partial charge in [-0.3, -0.25) is 0 Å². The van der Waals surface area contributed by atoms with E-state index in [-0.39, 0.29) is 12.1 Å². The minimum Gasteiger partial charge on any atom is -0.311 e. The molecule has 0 saturated heterocycles. The average Bonchev–Trinajstić information content (AvgIpc) is 3.20. The molecule has 0 saturated carbocycles. The van der Waals surface area contributed by atoms with E-state index in [1.54, 1.807) is 0 Å². The fraction of sp³-hybridized carbons (Fsp3) is 0.160. The molecular formula is C50H44BNS. The highest BCUT2D eigenvalue weighted by Gasteiger charge is 2.43. The van der Waals surface area contributed by atoms with Crippen molar-refractivity contribution in [1.29, 1.82) is 0 Å². The Balaban J connectivity index is 1.38. The Morgan fingerprint density at radius 2 is 1.17 bits per heavy atom. The van der Waals surface area contributed by atoms with Crippen LogP contribution in [0.1, 0.15) is 51.7 Å². The van der Waals surface area contributed by atoms with Gasteiger partial charge in [0.15, 0.2) is 0 Å². The van der Waals surface area contributed by atoms with Crippen LogP contribution in [0.4, 0.5) is 17.1 Å².